The van der Waals surface area contributed by atoms with Gasteiger partial charge >= 0.3 is 0 Å². The van der Waals surface area contributed by atoms with E-state index in [0.29, 0.717) is 18.6 Å². The number of methoxy groups -OCH3 is 1. The van der Waals surface area contributed by atoms with E-state index in [1.54, 1.807) is 7.11 Å². The number of para-hydroxylation sites is 2. The van der Waals surface area contributed by atoms with Gasteiger partial charge in [-0.1, -0.05) is 32.9 Å². The first-order chi connectivity index (χ1) is 13.8. The molecule has 2 bridgehead atoms. The van der Waals surface area contributed by atoms with Crippen LogP contribution in [0.3, 0.4) is 0 Å². The van der Waals surface area contributed by atoms with Crippen LogP contribution in [0.2, 0.25) is 0 Å². The van der Waals surface area contributed by atoms with Gasteiger partial charge in [-0.15, -0.1) is 0 Å². The smallest absolute Gasteiger partial charge is 0.142 e. The van der Waals surface area contributed by atoms with Gasteiger partial charge in [0, 0.05) is 32.7 Å². The second kappa shape index (κ2) is 8.09. The van der Waals surface area contributed by atoms with Crippen LogP contribution in [0, 0.1) is 16.7 Å². The lowest BCUT2D eigenvalue weighted by Crippen LogP contribution is -2.50. The Morgan fingerprint density at radius 1 is 1.14 bits per heavy atom. The van der Waals surface area contributed by atoms with Crippen LogP contribution >= 0.6 is 0 Å². The molecule has 2 aliphatic carbocycles. The van der Waals surface area contributed by atoms with E-state index in [4.69, 9.17) is 9.47 Å². The molecule has 1 saturated heterocycles. The van der Waals surface area contributed by atoms with Crippen molar-refractivity contribution in [3.8, 4) is 5.75 Å². The molecule has 0 radical (unpaired) electrons. The van der Waals surface area contributed by atoms with Crippen molar-refractivity contribution in [3.05, 3.63) is 24.3 Å². The zero-order valence-corrected chi connectivity index (χ0v) is 18.6. The molecule has 1 heterocycles. The van der Waals surface area contributed by atoms with E-state index in [2.05, 4.69) is 42.7 Å². The van der Waals surface area contributed by atoms with E-state index in [1.807, 2.05) is 12.1 Å². The molecule has 3 fully saturated rings. The molecule has 0 unspecified atom stereocenters. The number of rotatable bonds is 7. The van der Waals surface area contributed by atoms with Crippen LogP contribution in [0.1, 0.15) is 40.0 Å². The molecule has 1 aliphatic heterocycles. The normalized spacial score (nSPS) is 32.5. The van der Waals surface area contributed by atoms with Crippen molar-refractivity contribution in [2.45, 2.75) is 52.2 Å². The third-order valence-corrected chi connectivity index (χ3v) is 7.86. The summed E-state index contributed by atoms with van der Waals surface area (Å²) in [5.74, 6) is 1.70. The number of hydrogen-bond donors (Lipinski definition) is 1. The van der Waals surface area contributed by atoms with Gasteiger partial charge < -0.3 is 19.5 Å². The second-order valence-electron chi connectivity index (χ2n) is 10.2. The monoisotopic (exact) mass is 402 g/mol. The van der Waals surface area contributed by atoms with Crippen LogP contribution in [-0.2, 0) is 4.74 Å². The van der Waals surface area contributed by atoms with Crippen LogP contribution < -0.4 is 9.64 Å². The molecule has 0 spiro atoms. The Morgan fingerprint density at radius 3 is 2.52 bits per heavy atom. The fourth-order valence-corrected chi connectivity index (χ4v) is 6.29. The summed E-state index contributed by atoms with van der Waals surface area (Å²) in [7, 11) is 1.73. The van der Waals surface area contributed by atoms with E-state index in [0.717, 1.165) is 43.5 Å². The predicted octanol–water partition coefficient (Wildman–Crippen LogP) is 3.41. The highest BCUT2D eigenvalue weighted by atomic mass is 16.5. The summed E-state index contributed by atoms with van der Waals surface area (Å²) in [6.45, 7) is 12.0. The predicted molar refractivity (Wildman–Crippen MR) is 117 cm³/mol. The highest BCUT2D eigenvalue weighted by molar-refractivity contribution is 5.58. The average Bonchev–Trinajstić information content (AvgIpc) is 3.19. The van der Waals surface area contributed by atoms with Gasteiger partial charge in [-0.05, 0) is 48.1 Å². The van der Waals surface area contributed by atoms with E-state index >= 15 is 0 Å². The number of nitrogens with zero attached hydrogens (tertiary/aromatic N) is 2. The van der Waals surface area contributed by atoms with E-state index in [1.165, 1.54) is 19.3 Å². The Morgan fingerprint density at radius 2 is 1.86 bits per heavy atom. The van der Waals surface area contributed by atoms with Crippen molar-refractivity contribution in [2.24, 2.45) is 16.7 Å². The third-order valence-electron chi connectivity index (χ3n) is 7.86. The molecule has 1 aromatic carbocycles. The highest BCUT2D eigenvalue weighted by Gasteiger charge is 2.60. The molecule has 1 N–H and O–H groups in total. The Hall–Kier alpha value is -1.30. The van der Waals surface area contributed by atoms with Crippen LogP contribution in [-0.4, -0.2) is 68.7 Å². The van der Waals surface area contributed by atoms with Gasteiger partial charge in [0.05, 0.1) is 31.6 Å². The summed E-state index contributed by atoms with van der Waals surface area (Å²) >= 11 is 0. The van der Waals surface area contributed by atoms with Gasteiger partial charge in [0.15, 0.2) is 0 Å². The number of hydrogen-bond acceptors (Lipinski definition) is 5. The first kappa shape index (κ1) is 21.0. The van der Waals surface area contributed by atoms with Gasteiger partial charge in [0.25, 0.3) is 0 Å². The molecule has 0 aromatic heterocycles. The zero-order valence-electron chi connectivity index (χ0n) is 18.6. The van der Waals surface area contributed by atoms with Crippen molar-refractivity contribution in [2.75, 3.05) is 51.3 Å². The number of anilines is 1. The van der Waals surface area contributed by atoms with Crippen LogP contribution in [0.5, 0.6) is 5.75 Å². The average molecular weight is 403 g/mol. The molecular weight excluding hydrogens is 364 g/mol. The van der Waals surface area contributed by atoms with E-state index in [9.17, 15) is 5.11 Å². The van der Waals surface area contributed by atoms with E-state index in [-0.39, 0.29) is 11.5 Å². The van der Waals surface area contributed by atoms with Gasteiger partial charge in [-0.25, -0.2) is 0 Å². The standard InChI is InChI=1S/C24H38N2O3/c1-23(2)18-9-10-24(3,15-18)22(23)29-17-19(27)16-25-11-13-26(14-12-25)20-7-5-6-8-21(20)28-4/h5-8,18-19,22,27H,9-17H2,1-4H3/t18-,19-,22-,24+/m1/s1. The van der Waals surface area contributed by atoms with Crippen molar-refractivity contribution in [1.29, 1.82) is 0 Å². The first-order valence-electron chi connectivity index (χ1n) is 11.2. The number of fused-ring (bicyclic) bond motifs is 2. The molecule has 5 heteroatoms. The third kappa shape index (κ3) is 4.01. The summed E-state index contributed by atoms with van der Waals surface area (Å²) in [5.41, 5.74) is 1.69. The summed E-state index contributed by atoms with van der Waals surface area (Å²) < 4.78 is 11.9. The number of aliphatic hydroxyl groups excluding tert-OH is 1. The molecule has 29 heavy (non-hydrogen) atoms. The molecule has 4 atom stereocenters. The topological polar surface area (TPSA) is 45.2 Å². The van der Waals surface area contributed by atoms with Gasteiger partial charge in [0.1, 0.15) is 5.75 Å². The Kier molecular flexibility index (Phi) is 5.84. The van der Waals surface area contributed by atoms with Crippen molar-refractivity contribution >= 4 is 5.69 Å². The maximum Gasteiger partial charge on any atom is 0.142 e. The Labute approximate surface area is 176 Å². The van der Waals surface area contributed by atoms with Crippen LogP contribution in [0.4, 0.5) is 5.69 Å². The fraction of sp³-hybridized carbons (Fsp3) is 0.750. The van der Waals surface area contributed by atoms with Gasteiger partial charge in [0.2, 0.25) is 0 Å². The van der Waals surface area contributed by atoms with Crippen molar-refractivity contribution < 1.29 is 14.6 Å². The number of β-amino-alcohol motifs (C(OH)–C–C–N with tert-alkyl or cyclic N) is 1. The molecule has 4 rings (SSSR count). The lowest BCUT2D eigenvalue weighted by atomic mass is 9.70. The maximum atomic E-state index is 10.7. The minimum Gasteiger partial charge on any atom is -0.495 e. The molecule has 3 aliphatic rings. The number of aliphatic hydroxyl groups is 1. The summed E-state index contributed by atoms with van der Waals surface area (Å²) in [4.78, 5) is 4.73. The molecular formula is C24H38N2O3. The number of benzene rings is 1. The Bertz CT molecular complexity index is 696. The van der Waals surface area contributed by atoms with Gasteiger partial charge in [-0.2, -0.15) is 0 Å². The van der Waals surface area contributed by atoms with Crippen LogP contribution in [0.15, 0.2) is 24.3 Å². The van der Waals surface area contributed by atoms with Crippen molar-refractivity contribution in [3.63, 3.8) is 0 Å². The molecule has 162 valence electrons. The quantitative estimate of drug-likeness (QED) is 0.757. The fourth-order valence-electron chi connectivity index (χ4n) is 6.29. The van der Waals surface area contributed by atoms with Crippen LogP contribution in [0.25, 0.3) is 0 Å². The van der Waals surface area contributed by atoms with E-state index < -0.39 is 6.10 Å². The minimum atomic E-state index is -0.425. The lowest BCUT2D eigenvalue weighted by Gasteiger charge is -2.43. The SMILES string of the molecule is COc1ccccc1N1CCN(C[C@@H](O)CO[C@@H]2C(C)(C)[C@@H]3CC[C@@]2(C)C3)CC1. The Balaban J connectivity index is 1.25. The second-order valence-corrected chi connectivity index (χ2v) is 10.2. The zero-order chi connectivity index (χ0) is 20.6. The number of piperazine rings is 1. The van der Waals surface area contributed by atoms with Crippen molar-refractivity contribution in [1.82, 2.24) is 4.90 Å². The summed E-state index contributed by atoms with van der Waals surface area (Å²) in [5, 5.41) is 10.7. The summed E-state index contributed by atoms with van der Waals surface area (Å²) in [6, 6.07) is 8.20. The summed E-state index contributed by atoms with van der Waals surface area (Å²) in [6.07, 6.45) is 3.73. The maximum absolute atomic E-state index is 10.7. The highest BCUT2D eigenvalue weighted by Crippen LogP contribution is 2.63. The largest absolute Gasteiger partial charge is 0.495 e. The first-order valence-corrected chi connectivity index (χ1v) is 11.2. The molecule has 1 aromatic rings. The lowest BCUT2D eigenvalue weighted by molar-refractivity contribution is -0.113. The molecule has 2 saturated carbocycles. The van der Waals surface area contributed by atoms with Gasteiger partial charge in [-0.3, -0.25) is 4.90 Å². The number of ether oxygens (including phenoxy) is 2. The molecule has 0 amide bonds. The molecule has 5 nitrogen and oxygen atoms in total. The minimum absolute atomic E-state index is 0.229.